The zero-order chi connectivity index (χ0) is 19.9. The summed E-state index contributed by atoms with van der Waals surface area (Å²) in [4.78, 5) is 37.5. The Morgan fingerprint density at radius 1 is 1.15 bits per heavy atom. The number of hydrogen-bond acceptors (Lipinski definition) is 7. The predicted molar refractivity (Wildman–Crippen MR) is 92.8 cm³/mol. The normalized spacial score (nSPS) is 11.9. The van der Waals surface area contributed by atoms with Gasteiger partial charge in [-0.25, -0.2) is 4.79 Å². The number of rotatable bonds is 7. The highest BCUT2D eigenvalue weighted by Gasteiger charge is 2.32. The molecule has 1 amide bonds. The van der Waals surface area contributed by atoms with Gasteiger partial charge in [-0.15, -0.1) is 0 Å². The van der Waals surface area contributed by atoms with E-state index in [9.17, 15) is 14.4 Å². The van der Waals surface area contributed by atoms with E-state index < -0.39 is 36.0 Å². The van der Waals surface area contributed by atoms with Crippen molar-refractivity contribution in [2.75, 3.05) is 25.7 Å². The number of carbonyl (C=O) groups is 3. The maximum Gasteiger partial charge on any atom is 0.338 e. The molecule has 0 aliphatic rings. The van der Waals surface area contributed by atoms with Crippen molar-refractivity contribution in [1.29, 1.82) is 0 Å². The quantitative estimate of drug-likeness (QED) is 0.414. The van der Waals surface area contributed by atoms with Crippen LogP contribution >= 0.6 is 0 Å². The number of esters is 2. The molecule has 0 heterocycles. The number of ether oxygens (including phenoxy) is 3. The van der Waals surface area contributed by atoms with Gasteiger partial charge in [-0.1, -0.05) is 0 Å². The second-order valence-corrected chi connectivity index (χ2v) is 6.25. The van der Waals surface area contributed by atoms with Crippen LogP contribution in [0.2, 0.25) is 0 Å². The van der Waals surface area contributed by atoms with Crippen LogP contribution in [0.4, 0.5) is 5.69 Å². The van der Waals surface area contributed by atoms with Crippen LogP contribution in [0.1, 0.15) is 20.8 Å². The van der Waals surface area contributed by atoms with Crippen LogP contribution in [-0.4, -0.2) is 50.3 Å². The van der Waals surface area contributed by atoms with Crippen LogP contribution in [0.15, 0.2) is 29.4 Å². The molecule has 142 valence electrons. The minimum atomic E-state index is -1.82. The Hall–Kier alpha value is -2.97. The minimum Gasteiger partial charge on any atom is -0.711 e. The summed E-state index contributed by atoms with van der Waals surface area (Å²) in [5, 5.41) is 2.78. The van der Waals surface area contributed by atoms with Crippen molar-refractivity contribution in [2.24, 2.45) is 5.11 Å². The van der Waals surface area contributed by atoms with E-state index in [0.717, 1.165) is 12.0 Å². The van der Waals surface area contributed by atoms with E-state index in [1.165, 1.54) is 19.2 Å². The lowest BCUT2D eigenvalue weighted by molar-refractivity contribution is -0.154. The molecule has 0 fully saturated rings. The molecule has 1 atom stereocenters. The molecule has 0 N–H and O–H groups in total. The summed E-state index contributed by atoms with van der Waals surface area (Å²) in [5.74, 6) is -2.14. The van der Waals surface area contributed by atoms with Gasteiger partial charge in [0.2, 0.25) is 6.04 Å². The van der Waals surface area contributed by atoms with Crippen LogP contribution in [0.3, 0.4) is 0 Å². The van der Waals surface area contributed by atoms with Crippen molar-refractivity contribution in [3.05, 3.63) is 29.8 Å². The Morgan fingerprint density at radius 2 is 1.73 bits per heavy atom. The summed E-state index contributed by atoms with van der Waals surface area (Å²) in [6.45, 7) is 4.58. The standard InChI is InChI=1S/C17H22N3O6/c1-17(2,3)26-13(21)10-20(11-6-8-12(24-4)9-7-11)15(22)14(19-18)16(23)25-5/h6-9,14H,10H2,1-5H3/q-1. The first-order chi connectivity index (χ1) is 12.1. The molecule has 1 unspecified atom stereocenters. The molecular weight excluding hydrogens is 342 g/mol. The van der Waals surface area contributed by atoms with Gasteiger partial charge in [0.25, 0.3) is 5.91 Å². The molecule has 1 aromatic rings. The molecule has 0 spiro atoms. The van der Waals surface area contributed by atoms with Crippen LogP contribution in [-0.2, 0) is 23.9 Å². The fourth-order valence-electron chi connectivity index (χ4n) is 2.02. The first-order valence-corrected chi connectivity index (χ1v) is 7.72. The van der Waals surface area contributed by atoms with Crippen molar-refractivity contribution in [2.45, 2.75) is 32.4 Å². The van der Waals surface area contributed by atoms with E-state index in [1.807, 2.05) is 0 Å². The van der Waals surface area contributed by atoms with Gasteiger partial charge in [0.05, 0.1) is 14.2 Å². The van der Waals surface area contributed by atoms with Crippen LogP contribution in [0.25, 0.3) is 5.53 Å². The van der Waals surface area contributed by atoms with E-state index in [-0.39, 0.29) is 0 Å². The van der Waals surface area contributed by atoms with Gasteiger partial charge in [0.1, 0.15) is 17.9 Å². The Bertz CT molecular complexity index is 666. The molecule has 1 rings (SSSR count). The summed E-state index contributed by atoms with van der Waals surface area (Å²) in [7, 11) is 2.54. The number of nitrogens with zero attached hydrogens (tertiary/aromatic N) is 3. The molecule has 1 aromatic carbocycles. The molecule has 0 radical (unpaired) electrons. The molecule has 0 saturated carbocycles. The van der Waals surface area contributed by atoms with Crippen molar-refractivity contribution in [3.8, 4) is 5.75 Å². The first kappa shape index (κ1) is 21.1. The second kappa shape index (κ2) is 8.93. The molecule has 0 saturated heterocycles. The number of hydrogen-bond donors (Lipinski definition) is 0. The zero-order valence-electron chi connectivity index (χ0n) is 15.4. The molecule has 0 aliphatic heterocycles. The Labute approximate surface area is 151 Å². The molecular formula is C17H22N3O6-. The molecule has 0 aromatic heterocycles. The van der Waals surface area contributed by atoms with Gasteiger partial charge in [0, 0.05) is 5.69 Å². The van der Waals surface area contributed by atoms with Gasteiger partial charge in [-0.05, 0) is 45.0 Å². The third-order valence-corrected chi connectivity index (χ3v) is 3.13. The fraction of sp³-hybridized carbons (Fsp3) is 0.471. The number of benzene rings is 1. The number of anilines is 1. The summed E-state index contributed by atoms with van der Waals surface area (Å²) >= 11 is 0. The highest BCUT2D eigenvalue weighted by atomic mass is 16.6. The third-order valence-electron chi connectivity index (χ3n) is 3.13. The highest BCUT2D eigenvalue weighted by Crippen LogP contribution is 2.21. The lowest BCUT2D eigenvalue weighted by atomic mass is 10.2. The topological polar surface area (TPSA) is 117 Å². The highest BCUT2D eigenvalue weighted by molar-refractivity contribution is 6.11. The van der Waals surface area contributed by atoms with Crippen LogP contribution in [0, 0.1) is 0 Å². The number of methoxy groups -OCH3 is 2. The average molecular weight is 364 g/mol. The third kappa shape index (κ3) is 5.83. The molecule has 26 heavy (non-hydrogen) atoms. The fourth-order valence-corrected chi connectivity index (χ4v) is 2.02. The lowest BCUT2D eigenvalue weighted by Gasteiger charge is -2.27. The van der Waals surface area contributed by atoms with Gasteiger partial charge in [-0.3, -0.25) is 14.5 Å². The largest absolute Gasteiger partial charge is 0.711 e. The van der Waals surface area contributed by atoms with E-state index in [4.69, 9.17) is 15.0 Å². The number of amides is 1. The lowest BCUT2D eigenvalue weighted by Crippen LogP contribution is -2.46. The maximum absolute atomic E-state index is 12.7. The maximum atomic E-state index is 12.7. The van der Waals surface area contributed by atoms with Crippen molar-refractivity contribution < 1.29 is 28.6 Å². The summed E-state index contributed by atoms with van der Waals surface area (Å²) in [5.41, 5.74) is 8.57. The SMILES string of the molecule is COC(=O)C(N=[N-])C(=O)N(CC(=O)OC(C)(C)C)c1ccc(OC)cc1. The number of carbonyl (C=O) groups excluding carboxylic acids is 3. The summed E-state index contributed by atoms with van der Waals surface area (Å²) in [6, 6.07) is 4.38. The summed E-state index contributed by atoms with van der Waals surface area (Å²) in [6.07, 6.45) is 0. The zero-order valence-corrected chi connectivity index (χ0v) is 15.4. The second-order valence-electron chi connectivity index (χ2n) is 6.25. The Kier molecular flexibility index (Phi) is 7.24. The van der Waals surface area contributed by atoms with E-state index in [1.54, 1.807) is 32.9 Å². The molecule has 0 bridgehead atoms. The van der Waals surface area contributed by atoms with E-state index in [0.29, 0.717) is 11.4 Å². The van der Waals surface area contributed by atoms with Crippen molar-refractivity contribution in [3.63, 3.8) is 0 Å². The Morgan fingerprint density at radius 3 is 2.15 bits per heavy atom. The molecule has 0 aliphatic carbocycles. The van der Waals surface area contributed by atoms with E-state index in [2.05, 4.69) is 9.85 Å². The van der Waals surface area contributed by atoms with E-state index >= 15 is 0 Å². The van der Waals surface area contributed by atoms with Gasteiger partial charge < -0.3 is 24.9 Å². The predicted octanol–water partition coefficient (Wildman–Crippen LogP) is 1.93. The average Bonchev–Trinajstić information content (AvgIpc) is 2.58. The van der Waals surface area contributed by atoms with Gasteiger partial charge in [-0.2, -0.15) is 0 Å². The van der Waals surface area contributed by atoms with Crippen molar-refractivity contribution in [1.82, 2.24) is 0 Å². The summed E-state index contributed by atoms with van der Waals surface area (Å²) < 4.78 is 14.7. The monoisotopic (exact) mass is 364 g/mol. The molecule has 9 nitrogen and oxygen atoms in total. The van der Waals surface area contributed by atoms with Gasteiger partial charge in [0.15, 0.2) is 0 Å². The van der Waals surface area contributed by atoms with Gasteiger partial charge >= 0.3 is 11.9 Å². The van der Waals surface area contributed by atoms with Crippen LogP contribution < -0.4 is 9.64 Å². The minimum absolute atomic E-state index is 0.291. The smallest absolute Gasteiger partial charge is 0.338 e. The van der Waals surface area contributed by atoms with Crippen molar-refractivity contribution >= 4 is 23.5 Å². The van der Waals surface area contributed by atoms with Crippen LogP contribution in [0.5, 0.6) is 5.75 Å². The molecule has 9 heteroatoms. The Balaban J connectivity index is 3.18. The first-order valence-electron chi connectivity index (χ1n) is 7.72.